The second-order valence-electron chi connectivity index (χ2n) is 7.17. The Morgan fingerprint density at radius 1 is 1.12 bits per heavy atom. The molecule has 178 valence electrons. The third-order valence-corrected chi connectivity index (χ3v) is 5.55. The molecule has 3 N–H and O–H groups in total. The highest BCUT2D eigenvalue weighted by Crippen LogP contribution is 2.40. The van der Waals surface area contributed by atoms with E-state index in [9.17, 15) is 4.79 Å². The number of anilines is 3. The molecule has 1 aliphatic heterocycles. The molecule has 0 aliphatic carbocycles. The Morgan fingerprint density at radius 3 is 2.33 bits per heavy atom. The summed E-state index contributed by atoms with van der Waals surface area (Å²) in [5.74, 6) is 1.54. The fourth-order valence-electron chi connectivity index (χ4n) is 3.07. The number of likely N-dealkylation sites (N-methyl/N-ethyl adjacent to an activating group) is 1. The Hall–Kier alpha value is -3.12. The summed E-state index contributed by atoms with van der Waals surface area (Å²) < 4.78 is 11.7. The first-order valence-electron chi connectivity index (χ1n) is 10.8. The number of nitrogens with one attached hydrogen (secondary N) is 1. The van der Waals surface area contributed by atoms with Crippen molar-refractivity contribution in [1.82, 2.24) is 24.8 Å². The molecule has 2 aromatic rings. The van der Waals surface area contributed by atoms with Crippen molar-refractivity contribution in [2.75, 3.05) is 62.4 Å². The molecule has 0 saturated carbocycles. The van der Waals surface area contributed by atoms with Gasteiger partial charge in [0.25, 0.3) is 0 Å². The number of amides is 1. The molecule has 0 radical (unpaired) electrons. The van der Waals surface area contributed by atoms with Crippen LogP contribution in [0.15, 0.2) is 28.3 Å². The van der Waals surface area contributed by atoms with Gasteiger partial charge in [-0.15, -0.1) is 0 Å². The summed E-state index contributed by atoms with van der Waals surface area (Å²) in [6.07, 6.45) is 3.04. The smallest absolute Gasteiger partial charge is 0.249 e. The molecular formula is C21H30N8O3S. The number of aromatic nitrogens is 4. The van der Waals surface area contributed by atoms with Crippen LogP contribution in [0.2, 0.25) is 0 Å². The van der Waals surface area contributed by atoms with Gasteiger partial charge in [-0.05, 0) is 45.7 Å². The second kappa shape index (κ2) is 11.7. The van der Waals surface area contributed by atoms with Gasteiger partial charge in [-0.3, -0.25) is 4.79 Å². The number of ether oxygens (including phenoxy) is 2. The highest BCUT2D eigenvalue weighted by Gasteiger charge is 2.24. The van der Waals surface area contributed by atoms with Crippen LogP contribution in [-0.4, -0.2) is 77.2 Å². The van der Waals surface area contributed by atoms with E-state index in [1.807, 2.05) is 13.8 Å². The number of hydrogen-bond donors (Lipinski definition) is 2. The molecule has 2 aromatic heterocycles. The molecule has 1 saturated heterocycles. The number of rotatable bonds is 9. The Morgan fingerprint density at radius 2 is 1.76 bits per heavy atom. The van der Waals surface area contributed by atoms with E-state index in [2.05, 4.69) is 42.1 Å². The second-order valence-corrected chi connectivity index (χ2v) is 8.15. The minimum atomic E-state index is -0.309. The summed E-state index contributed by atoms with van der Waals surface area (Å²) >= 11 is 1.17. The molecule has 12 heteroatoms. The highest BCUT2D eigenvalue weighted by molar-refractivity contribution is 7.99. The number of allylic oxidation sites excluding steroid dienone is 1. The molecule has 0 aromatic carbocycles. The first-order chi connectivity index (χ1) is 15.9. The van der Waals surface area contributed by atoms with Crippen molar-refractivity contribution >= 4 is 35.3 Å². The van der Waals surface area contributed by atoms with Crippen LogP contribution in [0.3, 0.4) is 0 Å². The minimum absolute atomic E-state index is 0.217. The van der Waals surface area contributed by atoms with Crippen LogP contribution in [-0.2, 0) is 4.79 Å². The van der Waals surface area contributed by atoms with E-state index in [4.69, 9.17) is 15.2 Å². The van der Waals surface area contributed by atoms with Crippen LogP contribution in [0.25, 0.3) is 0 Å². The molecule has 1 amide bonds. The largest absolute Gasteiger partial charge is 0.477 e. The average Bonchev–Trinajstić information content (AvgIpc) is 2.76. The monoisotopic (exact) mass is 474 g/mol. The van der Waals surface area contributed by atoms with Crippen molar-refractivity contribution in [2.24, 2.45) is 0 Å². The van der Waals surface area contributed by atoms with Crippen LogP contribution >= 0.6 is 11.8 Å². The van der Waals surface area contributed by atoms with E-state index in [1.54, 1.807) is 13.0 Å². The average molecular weight is 475 g/mol. The number of piperazine rings is 1. The first-order valence-corrected chi connectivity index (χ1v) is 11.6. The number of carbonyl (C=O) groups excluding carboxylic acids is 1. The van der Waals surface area contributed by atoms with Gasteiger partial charge in [0.05, 0.1) is 13.2 Å². The number of hydrogen-bond acceptors (Lipinski definition) is 11. The summed E-state index contributed by atoms with van der Waals surface area (Å²) in [5.41, 5.74) is 5.95. The lowest BCUT2D eigenvalue weighted by molar-refractivity contribution is -0.111. The number of nitrogen functional groups attached to an aromatic ring is 1. The van der Waals surface area contributed by atoms with Crippen molar-refractivity contribution in [3.05, 3.63) is 18.2 Å². The van der Waals surface area contributed by atoms with Gasteiger partial charge in [-0.1, -0.05) is 6.08 Å². The summed E-state index contributed by atoms with van der Waals surface area (Å²) in [6, 6.07) is 1.49. The Labute approximate surface area is 197 Å². The van der Waals surface area contributed by atoms with Crippen molar-refractivity contribution < 1.29 is 14.3 Å². The lowest BCUT2D eigenvalue weighted by Crippen LogP contribution is -2.45. The lowest BCUT2D eigenvalue weighted by Gasteiger charge is -2.32. The number of nitrogens with zero attached hydrogens (tertiary/aromatic N) is 6. The van der Waals surface area contributed by atoms with Gasteiger partial charge in [0.1, 0.15) is 16.5 Å². The zero-order valence-electron chi connectivity index (χ0n) is 19.4. The maximum atomic E-state index is 11.9. The van der Waals surface area contributed by atoms with Crippen LogP contribution in [0.5, 0.6) is 11.8 Å². The molecule has 0 unspecified atom stereocenters. The Kier molecular flexibility index (Phi) is 8.66. The van der Waals surface area contributed by atoms with Crippen LogP contribution in [0.1, 0.15) is 20.8 Å². The van der Waals surface area contributed by atoms with Gasteiger partial charge in [-0.2, -0.15) is 9.97 Å². The van der Waals surface area contributed by atoms with Gasteiger partial charge in [-0.25, -0.2) is 9.97 Å². The summed E-state index contributed by atoms with van der Waals surface area (Å²) in [4.78, 5) is 34.9. The molecule has 3 heterocycles. The van der Waals surface area contributed by atoms with Crippen LogP contribution in [0, 0.1) is 0 Å². The topological polar surface area (TPSA) is 132 Å². The third kappa shape index (κ3) is 6.68. The van der Waals surface area contributed by atoms with Gasteiger partial charge in [0, 0.05) is 32.2 Å². The van der Waals surface area contributed by atoms with E-state index in [1.165, 1.54) is 23.9 Å². The summed E-state index contributed by atoms with van der Waals surface area (Å²) in [5, 5.41) is 2.98. The molecule has 1 aliphatic rings. The highest BCUT2D eigenvalue weighted by atomic mass is 32.2. The Bertz CT molecular complexity index is 968. The zero-order chi connectivity index (χ0) is 23.8. The minimum Gasteiger partial charge on any atom is -0.477 e. The van der Waals surface area contributed by atoms with Gasteiger partial charge in [0.2, 0.25) is 23.6 Å². The molecule has 33 heavy (non-hydrogen) atoms. The molecule has 1 fully saturated rings. The van der Waals surface area contributed by atoms with E-state index in [0.29, 0.717) is 46.8 Å². The van der Waals surface area contributed by atoms with E-state index >= 15 is 0 Å². The normalized spacial score (nSPS) is 14.5. The molecule has 3 rings (SSSR count). The third-order valence-electron chi connectivity index (χ3n) is 4.63. The maximum absolute atomic E-state index is 11.9. The maximum Gasteiger partial charge on any atom is 0.249 e. The van der Waals surface area contributed by atoms with Gasteiger partial charge < -0.3 is 30.3 Å². The molecular weight excluding hydrogens is 444 g/mol. The van der Waals surface area contributed by atoms with E-state index in [-0.39, 0.29) is 11.7 Å². The SMILES string of the molecule is C/C=C/C(=O)Nc1cc(N)nc(Sc2c(OCC)nc(N3CCN(C)CC3)nc2OCC)n1. The summed E-state index contributed by atoms with van der Waals surface area (Å²) in [7, 11) is 2.09. The lowest BCUT2D eigenvalue weighted by atomic mass is 10.3. The predicted octanol–water partition coefficient (Wildman–Crippen LogP) is 2.06. The molecule has 0 spiro atoms. The molecule has 11 nitrogen and oxygen atoms in total. The van der Waals surface area contributed by atoms with E-state index in [0.717, 1.165) is 26.2 Å². The quantitative estimate of drug-likeness (QED) is 0.409. The van der Waals surface area contributed by atoms with Gasteiger partial charge >= 0.3 is 0 Å². The number of carbonyl (C=O) groups is 1. The number of nitrogens with two attached hydrogens (primary N) is 1. The van der Waals surface area contributed by atoms with Crippen LogP contribution < -0.4 is 25.4 Å². The van der Waals surface area contributed by atoms with Crippen molar-refractivity contribution in [3.8, 4) is 11.8 Å². The zero-order valence-corrected chi connectivity index (χ0v) is 20.2. The predicted molar refractivity (Wildman–Crippen MR) is 128 cm³/mol. The van der Waals surface area contributed by atoms with E-state index < -0.39 is 0 Å². The standard InChI is InChI=1S/C21H30N8O3S/c1-5-8-16(30)24-15-13-14(22)23-21(25-15)33-17-18(31-6-2)26-20(27-19(17)32-7-3)29-11-9-28(4)10-12-29/h5,8,13H,6-7,9-12H2,1-4H3,(H3,22,23,24,25,30)/b8-5+. The Balaban J connectivity index is 1.96. The fourth-order valence-corrected chi connectivity index (χ4v) is 3.93. The summed E-state index contributed by atoms with van der Waals surface area (Å²) in [6.45, 7) is 9.84. The van der Waals surface area contributed by atoms with Crippen molar-refractivity contribution in [2.45, 2.75) is 30.8 Å². The van der Waals surface area contributed by atoms with Crippen molar-refractivity contribution in [1.29, 1.82) is 0 Å². The molecule has 0 atom stereocenters. The van der Waals surface area contributed by atoms with Gasteiger partial charge in [0.15, 0.2) is 5.16 Å². The van der Waals surface area contributed by atoms with Crippen molar-refractivity contribution in [3.63, 3.8) is 0 Å². The van der Waals surface area contributed by atoms with Crippen LogP contribution in [0.4, 0.5) is 17.6 Å². The first kappa shape index (κ1) is 24.5. The fraction of sp³-hybridized carbons (Fsp3) is 0.476. The molecule has 0 bridgehead atoms.